The molecule has 0 spiro atoms. The maximum absolute atomic E-state index is 12.2. The number of methoxy groups -OCH3 is 2. The molecule has 0 aliphatic heterocycles. The van der Waals surface area contributed by atoms with Crippen molar-refractivity contribution >= 4 is 5.78 Å². The van der Waals surface area contributed by atoms with Crippen LogP contribution in [0.3, 0.4) is 0 Å². The largest absolute Gasteiger partial charge is 0.359 e. The zero-order valence-electron chi connectivity index (χ0n) is 12.1. The Morgan fingerprint density at radius 3 is 2.32 bits per heavy atom. The Bertz CT molecular complexity index is 244. The standard InChI is InChI=1S/C14H26O5/c1-16-10-18-13-9-7-5-3-4-6-8-12(15)14(13)19-11-17-2/h13-14H,3-11H2,1-2H3. The smallest absolute Gasteiger partial charge is 0.164 e. The van der Waals surface area contributed by atoms with Crippen LogP contribution in [0, 0.1) is 0 Å². The molecule has 0 saturated heterocycles. The Kier molecular flexibility index (Phi) is 8.99. The van der Waals surface area contributed by atoms with Crippen LogP contribution in [0.1, 0.15) is 44.9 Å². The first-order chi connectivity index (χ1) is 9.29. The number of ether oxygens (including phenoxy) is 4. The van der Waals surface area contributed by atoms with Gasteiger partial charge in [-0.2, -0.15) is 0 Å². The van der Waals surface area contributed by atoms with Crippen LogP contribution in [-0.4, -0.2) is 45.8 Å². The first-order valence-corrected chi connectivity index (χ1v) is 7.03. The lowest BCUT2D eigenvalue weighted by molar-refractivity contribution is -0.172. The summed E-state index contributed by atoms with van der Waals surface area (Å²) in [5, 5.41) is 0. The summed E-state index contributed by atoms with van der Waals surface area (Å²) in [6.45, 7) is 0.300. The Hall–Kier alpha value is -0.490. The first-order valence-electron chi connectivity index (χ1n) is 7.03. The van der Waals surface area contributed by atoms with Crippen LogP contribution in [0.25, 0.3) is 0 Å². The van der Waals surface area contributed by atoms with Crippen molar-refractivity contribution < 1.29 is 23.7 Å². The Morgan fingerprint density at radius 2 is 1.58 bits per heavy atom. The van der Waals surface area contributed by atoms with Crippen molar-refractivity contribution in [2.45, 2.75) is 57.2 Å². The molecule has 0 aromatic heterocycles. The Morgan fingerprint density at radius 1 is 0.947 bits per heavy atom. The summed E-state index contributed by atoms with van der Waals surface area (Å²) in [6.07, 6.45) is 6.08. The van der Waals surface area contributed by atoms with Gasteiger partial charge in [0.15, 0.2) is 5.78 Å². The zero-order valence-corrected chi connectivity index (χ0v) is 12.1. The van der Waals surface area contributed by atoms with Crippen molar-refractivity contribution in [3.63, 3.8) is 0 Å². The van der Waals surface area contributed by atoms with Crippen molar-refractivity contribution in [2.24, 2.45) is 0 Å². The Labute approximate surface area is 115 Å². The van der Waals surface area contributed by atoms with Gasteiger partial charge in [0.25, 0.3) is 0 Å². The SMILES string of the molecule is COCOC1CCCCCCCC(=O)C1OCOC. The van der Waals surface area contributed by atoms with Crippen LogP contribution < -0.4 is 0 Å². The zero-order chi connectivity index (χ0) is 13.9. The number of carbonyl (C=O) groups is 1. The normalized spacial score (nSPS) is 26.3. The molecule has 112 valence electrons. The highest BCUT2D eigenvalue weighted by Gasteiger charge is 2.29. The monoisotopic (exact) mass is 274 g/mol. The molecule has 5 heteroatoms. The van der Waals surface area contributed by atoms with E-state index in [9.17, 15) is 4.79 Å². The van der Waals surface area contributed by atoms with E-state index in [1.54, 1.807) is 14.2 Å². The van der Waals surface area contributed by atoms with Gasteiger partial charge in [-0.25, -0.2) is 0 Å². The van der Waals surface area contributed by atoms with Crippen molar-refractivity contribution in [2.75, 3.05) is 27.8 Å². The van der Waals surface area contributed by atoms with Gasteiger partial charge >= 0.3 is 0 Å². The summed E-state index contributed by atoms with van der Waals surface area (Å²) in [4.78, 5) is 12.2. The predicted molar refractivity (Wildman–Crippen MR) is 70.8 cm³/mol. The minimum absolute atomic E-state index is 0.111. The van der Waals surface area contributed by atoms with E-state index in [1.165, 1.54) is 12.8 Å². The fourth-order valence-corrected chi connectivity index (χ4v) is 2.34. The third-order valence-electron chi connectivity index (χ3n) is 3.33. The third-order valence-corrected chi connectivity index (χ3v) is 3.33. The molecule has 0 radical (unpaired) electrons. The van der Waals surface area contributed by atoms with E-state index in [2.05, 4.69) is 0 Å². The third kappa shape index (κ3) is 6.47. The number of ketones is 1. The van der Waals surface area contributed by atoms with E-state index in [1.807, 2.05) is 0 Å². The summed E-state index contributed by atoms with van der Waals surface area (Å²) >= 11 is 0. The number of rotatable bonds is 6. The van der Waals surface area contributed by atoms with Crippen LogP contribution >= 0.6 is 0 Å². The molecule has 1 fully saturated rings. The minimum atomic E-state index is -0.534. The van der Waals surface area contributed by atoms with Crippen molar-refractivity contribution in [1.29, 1.82) is 0 Å². The molecule has 0 aromatic carbocycles. The van der Waals surface area contributed by atoms with E-state index in [0.29, 0.717) is 6.42 Å². The van der Waals surface area contributed by atoms with E-state index in [0.717, 1.165) is 25.7 Å². The highest BCUT2D eigenvalue weighted by atomic mass is 16.7. The highest BCUT2D eigenvalue weighted by Crippen LogP contribution is 2.20. The molecule has 1 aliphatic carbocycles. The molecule has 1 saturated carbocycles. The van der Waals surface area contributed by atoms with Crippen LogP contribution in [-0.2, 0) is 23.7 Å². The quantitative estimate of drug-likeness (QED) is 0.695. The molecule has 0 N–H and O–H groups in total. The van der Waals surface area contributed by atoms with Crippen LogP contribution in [0.15, 0.2) is 0 Å². The van der Waals surface area contributed by atoms with Crippen molar-refractivity contribution in [3.05, 3.63) is 0 Å². The second kappa shape index (κ2) is 10.3. The molecular formula is C14H26O5. The molecule has 1 rings (SSSR count). The van der Waals surface area contributed by atoms with E-state index in [4.69, 9.17) is 18.9 Å². The molecule has 5 nitrogen and oxygen atoms in total. The van der Waals surface area contributed by atoms with Gasteiger partial charge in [0.1, 0.15) is 19.7 Å². The topological polar surface area (TPSA) is 54.0 Å². The highest BCUT2D eigenvalue weighted by molar-refractivity contribution is 5.83. The number of Topliss-reactive ketones (excluding diaryl/α,β-unsaturated/α-hetero) is 1. The molecule has 0 amide bonds. The van der Waals surface area contributed by atoms with E-state index < -0.39 is 6.10 Å². The fourth-order valence-electron chi connectivity index (χ4n) is 2.34. The second-order valence-corrected chi connectivity index (χ2v) is 4.88. The maximum atomic E-state index is 12.2. The van der Waals surface area contributed by atoms with Crippen molar-refractivity contribution in [3.8, 4) is 0 Å². The van der Waals surface area contributed by atoms with Gasteiger partial charge < -0.3 is 18.9 Å². The summed E-state index contributed by atoms with van der Waals surface area (Å²) in [5.41, 5.74) is 0. The molecule has 0 heterocycles. The van der Waals surface area contributed by atoms with Gasteiger partial charge in [-0.05, 0) is 12.8 Å². The fraction of sp³-hybridized carbons (Fsp3) is 0.929. The van der Waals surface area contributed by atoms with Gasteiger partial charge in [-0.15, -0.1) is 0 Å². The van der Waals surface area contributed by atoms with Gasteiger partial charge in [-0.3, -0.25) is 4.79 Å². The molecule has 19 heavy (non-hydrogen) atoms. The molecule has 1 aliphatic rings. The second-order valence-electron chi connectivity index (χ2n) is 4.88. The van der Waals surface area contributed by atoms with Crippen LogP contribution in [0.5, 0.6) is 0 Å². The van der Waals surface area contributed by atoms with Crippen LogP contribution in [0.2, 0.25) is 0 Å². The minimum Gasteiger partial charge on any atom is -0.359 e. The summed E-state index contributed by atoms with van der Waals surface area (Å²) in [7, 11) is 3.13. The molecular weight excluding hydrogens is 248 g/mol. The Balaban J connectivity index is 2.64. The summed E-state index contributed by atoms with van der Waals surface area (Å²) < 4.78 is 21.0. The molecule has 2 unspecified atom stereocenters. The average Bonchev–Trinajstić information content (AvgIpc) is 2.42. The molecule has 0 aromatic rings. The van der Waals surface area contributed by atoms with Gasteiger partial charge in [0.2, 0.25) is 0 Å². The lowest BCUT2D eigenvalue weighted by Crippen LogP contribution is -2.39. The average molecular weight is 274 g/mol. The molecule has 0 bridgehead atoms. The van der Waals surface area contributed by atoms with Gasteiger partial charge in [-0.1, -0.05) is 25.7 Å². The number of carbonyl (C=O) groups excluding carboxylic acids is 1. The first kappa shape index (κ1) is 16.6. The summed E-state index contributed by atoms with van der Waals surface area (Å²) in [5.74, 6) is 0.111. The van der Waals surface area contributed by atoms with Crippen molar-refractivity contribution in [1.82, 2.24) is 0 Å². The van der Waals surface area contributed by atoms with E-state index in [-0.39, 0.29) is 25.5 Å². The lowest BCUT2D eigenvalue weighted by atomic mass is 9.96. The van der Waals surface area contributed by atoms with Gasteiger partial charge in [0, 0.05) is 20.6 Å². The molecule has 2 atom stereocenters. The van der Waals surface area contributed by atoms with Crippen LogP contribution in [0.4, 0.5) is 0 Å². The predicted octanol–water partition coefficient (Wildman–Crippen LogP) is 2.28. The summed E-state index contributed by atoms with van der Waals surface area (Å²) in [6, 6.07) is 0. The number of hydrogen-bond donors (Lipinski definition) is 0. The van der Waals surface area contributed by atoms with E-state index >= 15 is 0 Å². The number of hydrogen-bond acceptors (Lipinski definition) is 5. The lowest BCUT2D eigenvalue weighted by Gasteiger charge is -2.27. The van der Waals surface area contributed by atoms with Gasteiger partial charge in [0.05, 0.1) is 6.10 Å². The maximum Gasteiger partial charge on any atom is 0.164 e.